The highest BCUT2D eigenvalue weighted by Gasteiger charge is 2.36. The van der Waals surface area contributed by atoms with Crippen molar-refractivity contribution in [1.82, 2.24) is 24.8 Å². The molecule has 8 nitrogen and oxygen atoms in total. The van der Waals surface area contributed by atoms with E-state index in [2.05, 4.69) is 20.3 Å². The molecule has 2 aliphatic rings. The van der Waals surface area contributed by atoms with Crippen LogP contribution < -0.4 is 20.6 Å². The fourth-order valence-corrected chi connectivity index (χ4v) is 7.09. The molecule has 2 aliphatic heterocycles. The molecule has 0 spiro atoms. The van der Waals surface area contributed by atoms with Crippen LogP contribution in [0.25, 0.3) is 10.9 Å². The number of nitrogens with one attached hydrogen (secondary N) is 1. The molecule has 4 atom stereocenters. The molecule has 1 aromatic carbocycles. The lowest BCUT2D eigenvalue weighted by atomic mass is 10.1. The van der Waals surface area contributed by atoms with Gasteiger partial charge in [0.2, 0.25) is 0 Å². The maximum Gasteiger partial charge on any atom is 0.416 e. The van der Waals surface area contributed by atoms with Crippen molar-refractivity contribution in [1.29, 1.82) is 0 Å². The maximum absolute atomic E-state index is 13.9. The van der Waals surface area contributed by atoms with E-state index in [1.54, 1.807) is 6.07 Å². The zero-order valence-electron chi connectivity index (χ0n) is 19.0. The fourth-order valence-electron chi connectivity index (χ4n) is 4.75. The van der Waals surface area contributed by atoms with Crippen LogP contribution in [0.15, 0.2) is 40.3 Å². The van der Waals surface area contributed by atoms with Crippen molar-refractivity contribution in [2.24, 2.45) is 0 Å². The van der Waals surface area contributed by atoms with E-state index in [1.165, 1.54) is 17.0 Å². The minimum atomic E-state index is -4.58. The van der Waals surface area contributed by atoms with E-state index < -0.39 is 33.6 Å². The summed E-state index contributed by atoms with van der Waals surface area (Å²) < 4.78 is 49.0. The summed E-state index contributed by atoms with van der Waals surface area (Å²) in [6, 6.07) is 4.04. The van der Waals surface area contributed by atoms with Gasteiger partial charge in [-0.25, -0.2) is 14.8 Å². The summed E-state index contributed by atoms with van der Waals surface area (Å²) in [5.74, 6) is 0.476. The van der Waals surface area contributed by atoms with Gasteiger partial charge in [0, 0.05) is 53.6 Å². The van der Waals surface area contributed by atoms with Crippen molar-refractivity contribution in [3.8, 4) is 6.01 Å². The van der Waals surface area contributed by atoms with Gasteiger partial charge in [-0.15, -0.1) is 10.1 Å². The Hall–Kier alpha value is -2.57. The van der Waals surface area contributed by atoms with Crippen LogP contribution in [0, 0.1) is 0 Å². The molecule has 0 saturated carbocycles. The lowest BCUT2D eigenvalue weighted by molar-refractivity contribution is -0.137. The molecule has 0 aliphatic carbocycles. The topological polar surface area (TPSA) is 85.2 Å². The van der Waals surface area contributed by atoms with Crippen molar-refractivity contribution < 1.29 is 17.9 Å². The Labute approximate surface area is 206 Å². The van der Waals surface area contributed by atoms with Crippen LogP contribution in [0.4, 0.5) is 19.0 Å². The standard InChI is InChI=1S/C22H24ClF3N6O2S/c1-12-8-31(9-13(2)29-12)19-16-6-14(22(24,25)26)7-17-18(16)32(21(33)30-19)10-15(11-35(17)23)34-20-27-4-3-5-28-20/h3-7,12-13,15,29,35H,8-11H2,1-2H3/t12-,13+,15-/m0/s1. The van der Waals surface area contributed by atoms with E-state index in [-0.39, 0.29) is 41.6 Å². The normalized spacial score (nSPS) is 25.9. The highest BCUT2D eigenvalue weighted by atomic mass is 35.7. The minimum Gasteiger partial charge on any atom is -0.457 e. The van der Waals surface area contributed by atoms with Crippen molar-refractivity contribution in [3.05, 3.63) is 46.6 Å². The highest BCUT2D eigenvalue weighted by molar-refractivity contribution is 8.36. The van der Waals surface area contributed by atoms with Gasteiger partial charge in [0.15, 0.2) is 0 Å². The molecule has 188 valence electrons. The Bertz CT molecular complexity index is 1300. The first-order valence-corrected chi connectivity index (χ1v) is 13.6. The number of halogens is 4. The summed E-state index contributed by atoms with van der Waals surface area (Å²) in [5, 5.41) is 3.65. The van der Waals surface area contributed by atoms with E-state index in [1.807, 2.05) is 18.7 Å². The summed E-state index contributed by atoms with van der Waals surface area (Å²) in [6.45, 7) is 5.05. The number of hydrogen-bond acceptors (Lipinski definition) is 7. The number of nitrogens with zero attached hydrogens (tertiary/aromatic N) is 5. The highest BCUT2D eigenvalue weighted by Crippen LogP contribution is 2.50. The zero-order chi connectivity index (χ0) is 24.9. The van der Waals surface area contributed by atoms with Crippen LogP contribution in [0.5, 0.6) is 6.01 Å². The van der Waals surface area contributed by atoms with Gasteiger partial charge in [0.25, 0.3) is 0 Å². The number of ether oxygens (including phenoxy) is 1. The molecule has 35 heavy (non-hydrogen) atoms. The van der Waals surface area contributed by atoms with Gasteiger partial charge < -0.3 is 15.0 Å². The number of alkyl halides is 3. The van der Waals surface area contributed by atoms with Gasteiger partial charge >= 0.3 is 17.9 Å². The second-order valence-electron chi connectivity index (χ2n) is 8.91. The molecular formula is C22H24ClF3N6O2S. The van der Waals surface area contributed by atoms with Crippen LogP contribution in [-0.4, -0.2) is 56.5 Å². The Balaban J connectivity index is 1.69. The first kappa shape index (κ1) is 24.1. The lowest BCUT2D eigenvalue weighted by Gasteiger charge is -2.37. The maximum atomic E-state index is 13.9. The molecule has 3 aromatic rings. The van der Waals surface area contributed by atoms with Gasteiger partial charge in [0.05, 0.1) is 17.6 Å². The molecule has 1 saturated heterocycles. The summed E-state index contributed by atoms with van der Waals surface area (Å²) in [5.41, 5.74) is -0.992. The van der Waals surface area contributed by atoms with Crippen molar-refractivity contribution in [3.63, 3.8) is 0 Å². The monoisotopic (exact) mass is 528 g/mol. The molecule has 1 fully saturated rings. The number of aromatic nitrogens is 4. The van der Waals surface area contributed by atoms with Crippen molar-refractivity contribution in [2.45, 2.75) is 49.7 Å². The van der Waals surface area contributed by atoms with Crippen LogP contribution >= 0.6 is 20.8 Å². The van der Waals surface area contributed by atoms with E-state index >= 15 is 0 Å². The quantitative estimate of drug-likeness (QED) is 0.504. The smallest absolute Gasteiger partial charge is 0.416 e. The average Bonchev–Trinajstić information content (AvgIpc) is 2.92. The van der Waals surface area contributed by atoms with Crippen LogP contribution in [0.1, 0.15) is 19.4 Å². The number of piperazine rings is 1. The van der Waals surface area contributed by atoms with Gasteiger partial charge in [-0.1, -0.05) is 10.7 Å². The summed E-state index contributed by atoms with van der Waals surface area (Å²) in [7, 11) is 5.15. The molecule has 0 bridgehead atoms. The van der Waals surface area contributed by atoms with Crippen LogP contribution in [-0.2, 0) is 12.7 Å². The van der Waals surface area contributed by atoms with E-state index in [0.717, 1.165) is 12.1 Å². The van der Waals surface area contributed by atoms with Crippen molar-refractivity contribution >= 4 is 37.5 Å². The summed E-state index contributed by atoms with van der Waals surface area (Å²) in [6.07, 6.45) is -2.16. The Morgan fingerprint density at radius 1 is 1.14 bits per heavy atom. The molecule has 2 aromatic heterocycles. The third-order valence-electron chi connectivity index (χ3n) is 6.04. The second kappa shape index (κ2) is 9.14. The minimum absolute atomic E-state index is 0.0686. The Morgan fingerprint density at radius 2 is 1.83 bits per heavy atom. The molecule has 0 amide bonds. The zero-order valence-corrected chi connectivity index (χ0v) is 20.6. The van der Waals surface area contributed by atoms with Gasteiger partial charge in [-0.3, -0.25) is 4.57 Å². The second-order valence-corrected chi connectivity index (χ2v) is 11.7. The predicted octanol–water partition coefficient (Wildman–Crippen LogP) is 3.37. The lowest BCUT2D eigenvalue weighted by Crippen LogP contribution is -2.55. The van der Waals surface area contributed by atoms with E-state index in [0.29, 0.717) is 23.5 Å². The third-order valence-corrected chi connectivity index (χ3v) is 8.60. The Morgan fingerprint density at radius 3 is 2.49 bits per heavy atom. The first-order chi connectivity index (χ1) is 16.6. The van der Waals surface area contributed by atoms with Gasteiger partial charge in [-0.2, -0.15) is 18.2 Å². The molecule has 13 heteroatoms. The summed E-state index contributed by atoms with van der Waals surface area (Å²) >= 11 is 0. The predicted molar refractivity (Wildman–Crippen MR) is 130 cm³/mol. The fraction of sp³-hybridized carbons (Fsp3) is 0.455. The van der Waals surface area contributed by atoms with Crippen LogP contribution in [0.3, 0.4) is 0 Å². The molecule has 1 N–H and O–H groups in total. The third kappa shape index (κ3) is 4.78. The molecule has 4 heterocycles. The number of anilines is 1. The van der Waals surface area contributed by atoms with Gasteiger partial charge in [-0.05, 0) is 32.0 Å². The number of hydrogen-bond donors (Lipinski definition) is 2. The number of rotatable bonds is 3. The first-order valence-electron chi connectivity index (χ1n) is 11.1. The van der Waals surface area contributed by atoms with Gasteiger partial charge in [0.1, 0.15) is 11.9 Å². The van der Waals surface area contributed by atoms with E-state index in [4.69, 9.17) is 15.4 Å². The Kier molecular flexibility index (Phi) is 6.30. The largest absolute Gasteiger partial charge is 0.457 e. The van der Waals surface area contributed by atoms with Crippen LogP contribution in [0.2, 0.25) is 0 Å². The molecule has 5 rings (SSSR count). The number of benzene rings is 1. The summed E-state index contributed by atoms with van der Waals surface area (Å²) in [4.78, 5) is 27.8. The SMILES string of the molecule is C[C@@H]1CN(c2nc(=O)n3c4c(cc(C(F)(F)F)cc24)[SH](Cl)C[C@@H](Oc2ncccn2)C3)C[C@H](C)N1. The molecule has 1 unspecified atom stereocenters. The van der Waals surface area contributed by atoms with Crippen molar-refractivity contribution in [2.75, 3.05) is 23.7 Å². The van der Waals surface area contributed by atoms with E-state index in [9.17, 15) is 18.0 Å². The molecular weight excluding hydrogens is 505 g/mol. The average molecular weight is 529 g/mol. The molecule has 0 radical (unpaired) electrons. The number of thiol groups is 1.